The maximum absolute atomic E-state index is 13.6. The van der Waals surface area contributed by atoms with Crippen molar-refractivity contribution in [3.63, 3.8) is 0 Å². The highest BCUT2D eigenvalue weighted by molar-refractivity contribution is 6.35. The van der Waals surface area contributed by atoms with Gasteiger partial charge in [0.15, 0.2) is 0 Å². The van der Waals surface area contributed by atoms with Gasteiger partial charge in [-0.05, 0) is 75.8 Å². The second-order valence-electron chi connectivity index (χ2n) is 10.7. The SMILES string of the molecule is CCN(CC)CC(O)CNC(=O)c1c(C)[nH]c(/C=C2\C(=O)Nc3ccc(C(=O)NC(C)C)cc32)c1-c1ccc(Cl)cc1. The molecule has 1 aliphatic heterocycles. The number of aromatic amines is 1. The van der Waals surface area contributed by atoms with Crippen molar-refractivity contribution >= 4 is 46.7 Å². The number of aryl methyl sites for hydroxylation is 1. The van der Waals surface area contributed by atoms with Gasteiger partial charge in [0.25, 0.3) is 17.7 Å². The number of carbonyl (C=O) groups excluding carboxylic acids is 3. The third-order valence-corrected chi connectivity index (χ3v) is 7.46. The lowest BCUT2D eigenvalue weighted by Gasteiger charge is -2.22. The van der Waals surface area contributed by atoms with Crippen LogP contribution < -0.4 is 16.0 Å². The molecule has 2 heterocycles. The number of nitrogens with one attached hydrogen (secondary N) is 4. The zero-order chi connectivity index (χ0) is 30.6. The molecule has 5 N–H and O–H groups in total. The van der Waals surface area contributed by atoms with Crippen LogP contribution in [0.15, 0.2) is 42.5 Å². The van der Waals surface area contributed by atoms with Crippen LogP contribution in [-0.2, 0) is 4.79 Å². The van der Waals surface area contributed by atoms with E-state index >= 15 is 0 Å². The number of hydrogen-bond donors (Lipinski definition) is 5. The van der Waals surface area contributed by atoms with Crippen molar-refractivity contribution in [2.75, 3.05) is 31.5 Å². The molecule has 0 fully saturated rings. The molecule has 0 radical (unpaired) electrons. The van der Waals surface area contributed by atoms with Crippen molar-refractivity contribution in [2.24, 2.45) is 0 Å². The summed E-state index contributed by atoms with van der Waals surface area (Å²) in [6.07, 6.45) is 0.975. The summed E-state index contributed by atoms with van der Waals surface area (Å²) in [5, 5.41) is 19.7. The van der Waals surface area contributed by atoms with Gasteiger partial charge in [-0.15, -0.1) is 0 Å². The summed E-state index contributed by atoms with van der Waals surface area (Å²) in [5.41, 5.74) is 4.89. The smallest absolute Gasteiger partial charge is 0.256 e. The van der Waals surface area contributed by atoms with E-state index in [1.165, 1.54) is 0 Å². The number of carbonyl (C=O) groups is 3. The normalized spacial score (nSPS) is 14.3. The maximum atomic E-state index is 13.6. The average Bonchev–Trinajstić information content (AvgIpc) is 3.45. The summed E-state index contributed by atoms with van der Waals surface area (Å²) in [4.78, 5) is 44.7. The van der Waals surface area contributed by atoms with E-state index in [1.807, 2.05) is 39.8 Å². The number of rotatable bonds is 11. The van der Waals surface area contributed by atoms with Gasteiger partial charge < -0.3 is 30.9 Å². The van der Waals surface area contributed by atoms with Crippen LogP contribution in [0.4, 0.5) is 5.69 Å². The first kappa shape index (κ1) is 31.0. The number of hydrogen-bond acceptors (Lipinski definition) is 5. The molecule has 0 saturated heterocycles. The van der Waals surface area contributed by atoms with E-state index in [0.717, 1.165) is 18.7 Å². The molecular weight excluding hydrogens is 554 g/mol. The van der Waals surface area contributed by atoms with Gasteiger partial charge in [0.05, 0.1) is 17.2 Å². The summed E-state index contributed by atoms with van der Waals surface area (Å²) in [7, 11) is 0. The Morgan fingerprint density at radius 3 is 2.40 bits per heavy atom. The van der Waals surface area contributed by atoms with Gasteiger partial charge in [0.2, 0.25) is 0 Å². The second kappa shape index (κ2) is 13.4. The van der Waals surface area contributed by atoms with E-state index in [4.69, 9.17) is 11.6 Å². The number of amides is 3. The average molecular weight is 592 g/mol. The third-order valence-electron chi connectivity index (χ3n) is 7.21. The van der Waals surface area contributed by atoms with Crippen molar-refractivity contribution in [3.8, 4) is 11.1 Å². The van der Waals surface area contributed by atoms with Gasteiger partial charge in [-0.2, -0.15) is 0 Å². The Morgan fingerprint density at radius 1 is 1.07 bits per heavy atom. The molecule has 3 aromatic rings. The highest BCUT2D eigenvalue weighted by Gasteiger charge is 2.28. The first-order chi connectivity index (χ1) is 20.0. The van der Waals surface area contributed by atoms with E-state index in [1.54, 1.807) is 43.3 Å². The predicted molar refractivity (Wildman–Crippen MR) is 168 cm³/mol. The molecule has 1 aromatic heterocycles. The largest absolute Gasteiger partial charge is 0.390 e. The fourth-order valence-corrected chi connectivity index (χ4v) is 5.19. The quantitative estimate of drug-likeness (QED) is 0.207. The van der Waals surface area contributed by atoms with Crippen molar-refractivity contribution in [1.29, 1.82) is 0 Å². The Bertz CT molecular complexity index is 1510. The molecule has 1 atom stereocenters. The fraction of sp³-hybridized carbons (Fsp3) is 0.344. The summed E-state index contributed by atoms with van der Waals surface area (Å²) in [6, 6.07) is 12.2. The molecule has 0 saturated carbocycles. The van der Waals surface area contributed by atoms with Gasteiger partial charge >= 0.3 is 0 Å². The summed E-state index contributed by atoms with van der Waals surface area (Å²) in [5.74, 6) is -0.890. The molecule has 1 aliphatic rings. The molecule has 4 rings (SSSR count). The van der Waals surface area contributed by atoms with Crippen LogP contribution in [0.2, 0.25) is 5.02 Å². The van der Waals surface area contributed by atoms with E-state index in [2.05, 4.69) is 25.8 Å². The minimum Gasteiger partial charge on any atom is -0.390 e. The monoisotopic (exact) mass is 591 g/mol. The van der Waals surface area contributed by atoms with Crippen LogP contribution in [0.1, 0.15) is 65.4 Å². The number of halogens is 1. The van der Waals surface area contributed by atoms with Gasteiger partial charge in [-0.25, -0.2) is 0 Å². The lowest BCUT2D eigenvalue weighted by molar-refractivity contribution is -0.110. The molecule has 3 amide bonds. The number of anilines is 1. The Labute approximate surface area is 251 Å². The number of benzene rings is 2. The second-order valence-corrected chi connectivity index (χ2v) is 11.1. The molecule has 0 bridgehead atoms. The summed E-state index contributed by atoms with van der Waals surface area (Å²) < 4.78 is 0. The molecule has 222 valence electrons. The lowest BCUT2D eigenvalue weighted by Crippen LogP contribution is -2.40. The fourth-order valence-electron chi connectivity index (χ4n) is 5.06. The summed E-state index contributed by atoms with van der Waals surface area (Å²) >= 11 is 6.16. The molecular formula is C32H38ClN5O4. The Balaban J connectivity index is 1.74. The number of aromatic nitrogens is 1. The van der Waals surface area contributed by atoms with Crippen LogP contribution in [-0.4, -0.2) is 71.0 Å². The van der Waals surface area contributed by atoms with Crippen molar-refractivity contribution in [2.45, 2.75) is 46.8 Å². The van der Waals surface area contributed by atoms with Gasteiger partial charge in [-0.3, -0.25) is 14.4 Å². The molecule has 0 spiro atoms. The van der Waals surface area contributed by atoms with Crippen molar-refractivity contribution in [1.82, 2.24) is 20.5 Å². The Morgan fingerprint density at radius 2 is 1.76 bits per heavy atom. The minimum absolute atomic E-state index is 0.0349. The predicted octanol–water partition coefficient (Wildman–Crippen LogP) is 4.71. The van der Waals surface area contributed by atoms with Gasteiger partial charge in [0, 0.05) is 57.9 Å². The standard InChI is InChI=1S/C32H38ClN5O4/c1-6-38(7-2)17-23(39)16-34-32(42)28-19(5)36-27(29(28)20-8-11-22(33)12-9-20)15-25-24-14-21(30(40)35-18(3)4)10-13-26(24)37-31(25)41/h8-15,18,23,36,39H,6-7,16-17H2,1-5H3,(H,34,42)(H,35,40)(H,37,41)/b25-15-. The first-order valence-electron chi connectivity index (χ1n) is 14.2. The number of aliphatic hydroxyl groups excluding tert-OH is 1. The highest BCUT2D eigenvalue weighted by atomic mass is 35.5. The number of likely N-dealkylation sites (N-methyl/N-ethyl adjacent to an activating group) is 1. The van der Waals surface area contributed by atoms with E-state index in [0.29, 0.717) is 56.5 Å². The van der Waals surface area contributed by atoms with E-state index in [-0.39, 0.29) is 30.3 Å². The molecule has 1 unspecified atom stereocenters. The van der Waals surface area contributed by atoms with E-state index < -0.39 is 6.10 Å². The van der Waals surface area contributed by atoms with Crippen LogP contribution in [0.3, 0.4) is 0 Å². The summed E-state index contributed by atoms with van der Waals surface area (Å²) in [6.45, 7) is 11.8. The van der Waals surface area contributed by atoms with Gasteiger partial charge in [-0.1, -0.05) is 37.6 Å². The van der Waals surface area contributed by atoms with Crippen LogP contribution in [0.25, 0.3) is 22.8 Å². The van der Waals surface area contributed by atoms with E-state index in [9.17, 15) is 19.5 Å². The Hall–Kier alpha value is -3.92. The van der Waals surface area contributed by atoms with Crippen molar-refractivity contribution in [3.05, 3.63) is 75.6 Å². The zero-order valence-corrected chi connectivity index (χ0v) is 25.4. The van der Waals surface area contributed by atoms with Crippen LogP contribution in [0, 0.1) is 6.92 Å². The first-order valence-corrected chi connectivity index (χ1v) is 14.6. The molecule has 2 aromatic carbocycles. The molecule has 10 heteroatoms. The number of fused-ring (bicyclic) bond motifs is 1. The number of nitrogens with zero attached hydrogens (tertiary/aromatic N) is 1. The van der Waals surface area contributed by atoms with Crippen LogP contribution >= 0.6 is 11.6 Å². The third kappa shape index (κ3) is 6.92. The van der Waals surface area contributed by atoms with Gasteiger partial charge in [0.1, 0.15) is 0 Å². The number of aliphatic hydroxyl groups is 1. The topological polar surface area (TPSA) is 127 Å². The lowest BCUT2D eigenvalue weighted by atomic mass is 9.97. The maximum Gasteiger partial charge on any atom is 0.256 e. The molecule has 0 aliphatic carbocycles. The number of H-pyrrole nitrogens is 1. The molecule has 42 heavy (non-hydrogen) atoms. The van der Waals surface area contributed by atoms with Crippen molar-refractivity contribution < 1.29 is 19.5 Å². The Kier molecular flexibility index (Phi) is 9.88. The minimum atomic E-state index is -0.727. The highest BCUT2D eigenvalue weighted by Crippen LogP contribution is 2.38. The van der Waals surface area contributed by atoms with Crippen LogP contribution in [0.5, 0.6) is 0 Å². The zero-order valence-electron chi connectivity index (χ0n) is 24.6. The molecule has 9 nitrogen and oxygen atoms in total.